The van der Waals surface area contributed by atoms with E-state index >= 15 is 0 Å². The Morgan fingerprint density at radius 1 is 0.862 bits per heavy atom. The highest BCUT2D eigenvalue weighted by molar-refractivity contribution is 5.86. The molecule has 1 N–H and O–H groups in total. The van der Waals surface area contributed by atoms with E-state index in [0.29, 0.717) is 13.2 Å². The second kappa shape index (κ2) is 8.61. The highest BCUT2D eigenvalue weighted by atomic mass is 19.1. The number of pyridine rings is 1. The Bertz CT molecular complexity index is 1110. The van der Waals surface area contributed by atoms with E-state index in [4.69, 9.17) is 14.5 Å². The molecule has 0 spiro atoms. The van der Waals surface area contributed by atoms with Crippen molar-refractivity contribution in [3.63, 3.8) is 0 Å². The summed E-state index contributed by atoms with van der Waals surface area (Å²) < 4.78 is 24.4. The molecule has 1 aromatic heterocycles. The summed E-state index contributed by atoms with van der Waals surface area (Å²) in [7, 11) is 1.67. The summed E-state index contributed by atoms with van der Waals surface area (Å²) in [6, 6.07) is 23.9. The molecular formula is C24H21FN2O2. The van der Waals surface area contributed by atoms with Crippen molar-refractivity contribution in [3.05, 3.63) is 95.8 Å². The molecule has 0 saturated carbocycles. The lowest BCUT2D eigenvalue weighted by molar-refractivity contribution is 0.310. The van der Waals surface area contributed by atoms with E-state index < -0.39 is 0 Å². The first-order chi connectivity index (χ1) is 14.2. The van der Waals surface area contributed by atoms with Crippen LogP contribution in [0.4, 0.5) is 10.2 Å². The van der Waals surface area contributed by atoms with Crippen LogP contribution in [0.25, 0.3) is 10.9 Å². The van der Waals surface area contributed by atoms with Gasteiger partial charge in [0.15, 0.2) is 0 Å². The van der Waals surface area contributed by atoms with Gasteiger partial charge in [0.2, 0.25) is 0 Å². The molecule has 3 aromatic carbocycles. The average Bonchev–Trinajstić information content (AvgIpc) is 2.77. The summed E-state index contributed by atoms with van der Waals surface area (Å²) >= 11 is 0. The van der Waals surface area contributed by atoms with Gasteiger partial charge in [-0.1, -0.05) is 36.4 Å². The molecule has 0 amide bonds. The van der Waals surface area contributed by atoms with Gasteiger partial charge >= 0.3 is 0 Å². The maximum absolute atomic E-state index is 13.0. The third kappa shape index (κ3) is 4.46. The van der Waals surface area contributed by atoms with Crippen molar-refractivity contribution >= 4 is 16.7 Å². The van der Waals surface area contributed by atoms with Crippen LogP contribution in [-0.2, 0) is 13.2 Å². The van der Waals surface area contributed by atoms with E-state index in [2.05, 4.69) is 5.32 Å². The largest absolute Gasteiger partial charge is 0.496 e. The summed E-state index contributed by atoms with van der Waals surface area (Å²) in [6.07, 6.45) is 0. The zero-order valence-corrected chi connectivity index (χ0v) is 16.1. The zero-order chi connectivity index (χ0) is 20.1. The van der Waals surface area contributed by atoms with Gasteiger partial charge < -0.3 is 14.8 Å². The normalized spacial score (nSPS) is 10.7. The van der Waals surface area contributed by atoms with Crippen LogP contribution in [0.1, 0.15) is 11.1 Å². The quantitative estimate of drug-likeness (QED) is 0.449. The molecule has 0 fully saturated rings. The number of benzene rings is 3. The third-order valence-electron chi connectivity index (χ3n) is 4.65. The van der Waals surface area contributed by atoms with Crippen LogP contribution >= 0.6 is 0 Å². The lowest BCUT2D eigenvalue weighted by Gasteiger charge is -2.12. The molecule has 0 aliphatic rings. The predicted molar refractivity (Wildman–Crippen MR) is 113 cm³/mol. The van der Waals surface area contributed by atoms with Crippen molar-refractivity contribution < 1.29 is 13.9 Å². The number of anilines is 1. The van der Waals surface area contributed by atoms with Crippen LogP contribution in [-0.4, -0.2) is 12.1 Å². The summed E-state index contributed by atoms with van der Waals surface area (Å²) in [4.78, 5) is 4.69. The fourth-order valence-electron chi connectivity index (χ4n) is 3.13. The summed E-state index contributed by atoms with van der Waals surface area (Å²) in [5.74, 6) is 2.11. The van der Waals surface area contributed by atoms with E-state index in [1.807, 2.05) is 54.6 Å². The van der Waals surface area contributed by atoms with E-state index in [9.17, 15) is 4.39 Å². The highest BCUT2D eigenvalue weighted by Gasteiger charge is 2.07. The van der Waals surface area contributed by atoms with Gasteiger partial charge in [0.25, 0.3) is 0 Å². The zero-order valence-electron chi connectivity index (χ0n) is 16.1. The van der Waals surface area contributed by atoms with Crippen molar-refractivity contribution in [3.8, 4) is 11.5 Å². The number of methoxy groups -OCH3 is 1. The second-order valence-electron chi connectivity index (χ2n) is 6.60. The molecule has 4 aromatic rings. The summed E-state index contributed by atoms with van der Waals surface area (Å²) in [6.45, 7) is 0.983. The number of para-hydroxylation sites is 1. The summed E-state index contributed by atoms with van der Waals surface area (Å²) in [5.41, 5.74) is 2.81. The SMILES string of the molecule is COc1ccccc1CNc1ccc2c(OCc3ccc(F)cc3)cccc2n1. The van der Waals surface area contributed by atoms with Gasteiger partial charge in [-0.3, -0.25) is 0 Å². The Hall–Kier alpha value is -3.60. The molecule has 4 rings (SSSR count). The fraction of sp³-hybridized carbons (Fsp3) is 0.125. The van der Waals surface area contributed by atoms with Crippen LogP contribution in [0, 0.1) is 5.82 Å². The molecular weight excluding hydrogens is 367 g/mol. The van der Waals surface area contributed by atoms with Gasteiger partial charge in [-0.25, -0.2) is 9.37 Å². The first-order valence-corrected chi connectivity index (χ1v) is 9.36. The van der Waals surface area contributed by atoms with Gasteiger partial charge in [-0.15, -0.1) is 0 Å². The maximum atomic E-state index is 13.0. The highest BCUT2D eigenvalue weighted by Crippen LogP contribution is 2.27. The average molecular weight is 388 g/mol. The molecule has 29 heavy (non-hydrogen) atoms. The third-order valence-corrected chi connectivity index (χ3v) is 4.65. The van der Waals surface area contributed by atoms with Crippen LogP contribution < -0.4 is 14.8 Å². The molecule has 0 aliphatic heterocycles. The molecule has 0 saturated heterocycles. The number of hydrogen-bond donors (Lipinski definition) is 1. The van der Waals surface area contributed by atoms with Gasteiger partial charge in [-0.05, 0) is 48.0 Å². The molecule has 5 heteroatoms. The Morgan fingerprint density at radius 2 is 1.66 bits per heavy atom. The topological polar surface area (TPSA) is 43.4 Å². The summed E-state index contributed by atoms with van der Waals surface area (Å²) in [5, 5.41) is 4.27. The Balaban J connectivity index is 1.49. The van der Waals surface area contributed by atoms with Gasteiger partial charge in [-0.2, -0.15) is 0 Å². The lowest BCUT2D eigenvalue weighted by Crippen LogP contribution is -2.03. The van der Waals surface area contributed by atoms with Gasteiger partial charge in [0.1, 0.15) is 29.7 Å². The smallest absolute Gasteiger partial charge is 0.129 e. The minimum Gasteiger partial charge on any atom is -0.496 e. The Kier molecular flexibility index (Phi) is 5.56. The van der Waals surface area contributed by atoms with Crippen LogP contribution in [0.15, 0.2) is 78.9 Å². The van der Waals surface area contributed by atoms with Crippen LogP contribution in [0.2, 0.25) is 0 Å². The number of aromatic nitrogens is 1. The number of hydrogen-bond acceptors (Lipinski definition) is 4. The number of halogens is 1. The molecule has 0 radical (unpaired) electrons. The van der Waals surface area contributed by atoms with Crippen LogP contribution in [0.5, 0.6) is 11.5 Å². The number of nitrogens with zero attached hydrogens (tertiary/aromatic N) is 1. The van der Waals surface area contributed by atoms with Crippen molar-refractivity contribution in [2.24, 2.45) is 0 Å². The number of nitrogens with one attached hydrogen (secondary N) is 1. The number of fused-ring (bicyclic) bond motifs is 1. The molecule has 146 valence electrons. The van der Waals surface area contributed by atoms with Crippen LogP contribution in [0.3, 0.4) is 0 Å². The standard InChI is InChI=1S/C24H21FN2O2/c1-28-22-7-3-2-5-18(22)15-26-24-14-13-20-21(27-24)6-4-8-23(20)29-16-17-9-11-19(25)12-10-17/h2-14H,15-16H2,1H3,(H,26,27). The maximum Gasteiger partial charge on any atom is 0.129 e. The molecule has 4 nitrogen and oxygen atoms in total. The fourth-order valence-corrected chi connectivity index (χ4v) is 3.13. The minimum absolute atomic E-state index is 0.253. The van der Waals surface area contributed by atoms with Crippen molar-refractivity contribution in [2.75, 3.05) is 12.4 Å². The molecule has 1 heterocycles. The van der Waals surface area contributed by atoms with Crippen molar-refractivity contribution in [2.45, 2.75) is 13.2 Å². The predicted octanol–water partition coefficient (Wildman–Crippen LogP) is 5.57. The molecule has 0 atom stereocenters. The lowest BCUT2D eigenvalue weighted by atomic mass is 10.2. The molecule has 0 bridgehead atoms. The van der Waals surface area contributed by atoms with Crippen molar-refractivity contribution in [1.82, 2.24) is 4.98 Å². The van der Waals surface area contributed by atoms with Gasteiger partial charge in [0, 0.05) is 17.5 Å². The number of ether oxygens (including phenoxy) is 2. The van der Waals surface area contributed by atoms with E-state index in [1.54, 1.807) is 19.2 Å². The van der Waals surface area contributed by atoms with E-state index in [0.717, 1.165) is 39.3 Å². The minimum atomic E-state index is -0.253. The van der Waals surface area contributed by atoms with Gasteiger partial charge in [0.05, 0.1) is 12.6 Å². The molecule has 0 unspecified atom stereocenters. The van der Waals surface area contributed by atoms with Crippen molar-refractivity contribution in [1.29, 1.82) is 0 Å². The Labute approximate surface area is 168 Å². The Morgan fingerprint density at radius 3 is 2.48 bits per heavy atom. The first kappa shape index (κ1) is 18.7. The number of rotatable bonds is 7. The van der Waals surface area contributed by atoms with E-state index in [-0.39, 0.29) is 5.82 Å². The van der Waals surface area contributed by atoms with E-state index in [1.165, 1.54) is 12.1 Å². The second-order valence-corrected chi connectivity index (χ2v) is 6.60. The first-order valence-electron chi connectivity index (χ1n) is 9.36. The molecule has 0 aliphatic carbocycles. The monoisotopic (exact) mass is 388 g/mol.